The van der Waals surface area contributed by atoms with Gasteiger partial charge in [-0.2, -0.15) is 0 Å². The summed E-state index contributed by atoms with van der Waals surface area (Å²) in [6.45, 7) is 0. The summed E-state index contributed by atoms with van der Waals surface area (Å²) >= 11 is 0. The van der Waals surface area contributed by atoms with E-state index < -0.39 is 5.60 Å². The van der Waals surface area contributed by atoms with Gasteiger partial charge in [0.2, 0.25) is 0 Å². The Morgan fingerprint density at radius 2 is 1.84 bits per heavy atom. The molecule has 1 aliphatic carbocycles. The van der Waals surface area contributed by atoms with Crippen LogP contribution in [0.5, 0.6) is 11.5 Å². The molecule has 0 spiro atoms. The zero-order chi connectivity index (χ0) is 13.5. The lowest BCUT2D eigenvalue weighted by molar-refractivity contribution is 0.0899. The molecule has 19 heavy (non-hydrogen) atoms. The fourth-order valence-electron chi connectivity index (χ4n) is 2.55. The Morgan fingerprint density at radius 3 is 2.58 bits per heavy atom. The van der Waals surface area contributed by atoms with E-state index >= 15 is 0 Å². The average molecular weight is 254 g/mol. The molecule has 0 saturated carbocycles. The van der Waals surface area contributed by atoms with Crippen molar-refractivity contribution in [3.05, 3.63) is 60.2 Å². The summed E-state index contributed by atoms with van der Waals surface area (Å²) in [4.78, 5) is 0. The Labute approximate surface area is 110 Å². The first kappa shape index (κ1) is 11.8. The predicted octanol–water partition coefficient (Wildman–Crippen LogP) is 2.95. The largest absolute Gasteiger partial charge is 0.504 e. The molecule has 0 saturated heterocycles. The standard InChI is InChI=1S/C16H14O3/c17-13-10-11-6-2-3-7-12(11)14(15(13)18)16(19)8-4-1-5-9-16/h1-8,10,17-19H,9H2. The maximum Gasteiger partial charge on any atom is 0.164 e. The number of phenols is 2. The van der Waals surface area contributed by atoms with Crippen molar-refractivity contribution in [2.45, 2.75) is 12.0 Å². The van der Waals surface area contributed by atoms with E-state index in [9.17, 15) is 15.3 Å². The highest BCUT2D eigenvalue weighted by atomic mass is 16.3. The Balaban J connectivity index is 2.36. The van der Waals surface area contributed by atoms with Gasteiger partial charge in [-0.25, -0.2) is 0 Å². The van der Waals surface area contributed by atoms with Crippen LogP contribution in [0.25, 0.3) is 10.8 Å². The summed E-state index contributed by atoms with van der Waals surface area (Å²) in [7, 11) is 0. The highest BCUT2D eigenvalue weighted by molar-refractivity contribution is 5.91. The van der Waals surface area contributed by atoms with Crippen LogP contribution >= 0.6 is 0 Å². The van der Waals surface area contributed by atoms with Gasteiger partial charge in [0.25, 0.3) is 0 Å². The van der Waals surface area contributed by atoms with Gasteiger partial charge in [-0.1, -0.05) is 42.5 Å². The second-order valence-corrected chi connectivity index (χ2v) is 4.76. The van der Waals surface area contributed by atoms with Gasteiger partial charge in [0.05, 0.1) is 0 Å². The fraction of sp³-hybridized carbons (Fsp3) is 0.125. The van der Waals surface area contributed by atoms with Crippen molar-refractivity contribution in [2.75, 3.05) is 0 Å². The number of allylic oxidation sites excluding steroid dienone is 2. The maximum atomic E-state index is 10.7. The number of phenolic OH excluding ortho intramolecular Hbond substituents is 2. The van der Waals surface area contributed by atoms with Crippen molar-refractivity contribution in [1.82, 2.24) is 0 Å². The molecule has 1 atom stereocenters. The van der Waals surface area contributed by atoms with Crippen molar-refractivity contribution in [3.63, 3.8) is 0 Å². The number of rotatable bonds is 1. The van der Waals surface area contributed by atoms with Crippen LogP contribution in [-0.4, -0.2) is 15.3 Å². The van der Waals surface area contributed by atoms with E-state index in [1.807, 2.05) is 36.4 Å². The van der Waals surface area contributed by atoms with Crippen molar-refractivity contribution < 1.29 is 15.3 Å². The summed E-state index contributed by atoms with van der Waals surface area (Å²) in [5, 5.41) is 32.2. The van der Waals surface area contributed by atoms with Crippen LogP contribution in [0.2, 0.25) is 0 Å². The average Bonchev–Trinajstić information content (AvgIpc) is 2.40. The first-order chi connectivity index (χ1) is 9.12. The third-order valence-corrected chi connectivity index (χ3v) is 3.48. The van der Waals surface area contributed by atoms with E-state index in [1.165, 1.54) is 6.07 Å². The van der Waals surface area contributed by atoms with E-state index in [4.69, 9.17) is 0 Å². The molecule has 0 radical (unpaired) electrons. The van der Waals surface area contributed by atoms with Gasteiger partial charge in [0.15, 0.2) is 11.5 Å². The van der Waals surface area contributed by atoms with Crippen LogP contribution in [-0.2, 0) is 5.60 Å². The number of aromatic hydroxyl groups is 2. The van der Waals surface area contributed by atoms with Crippen LogP contribution < -0.4 is 0 Å². The van der Waals surface area contributed by atoms with Gasteiger partial charge in [0.1, 0.15) is 5.60 Å². The molecule has 1 aliphatic rings. The van der Waals surface area contributed by atoms with Gasteiger partial charge in [-0.15, -0.1) is 0 Å². The predicted molar refractivity (Wildman–Crippen MR) is 74.1 cm³/mol. The summed E-state index contributed by atoms with van der Waals surface area (Å²) < 4.78 is 0. The summed E-state index contributed by atoms with van der Waals surface area (Å²) in [6, 6.07) is 8.86. The van der Waals surface area contributed by atoms with Crippen LogP contribution in [0.3, 0.4) is 0 Å². The van der Waals surface area contributed by atoms with E-state index in [2.05, 4.69) is 0 Å². The zero-order valence-corrected chi connectivity index (χ0v) is 10.2. The number of hydrogen-bond acceptors (Lipinski definition) is 3. The summed E-state index contributed by atoms with van der Waals surface area (Å²) in [5.74, 6) is -0.480. The number of benzene rings is 2. The molecule has 0 heterocycles. The molecular formula is C16H14O3. The van der Waals surface area contributed by atoms with Gasteiger partial charge in [-0.05, 0) is 22.9 Å². The molecule has 3 heteroatoms. The Hall–Kier alpha value is -2.26. The quantitative estimate of drug-likeness (QED) is 0.686. The highest BCUT2D eigenvalue weighted by Crippen LogP contribution is 2.44. The van der Waals surface area contributed by atoms with Gasteiger partial charge >= 0.3 is 0 Å². The van der Waals surface area contributed by atoms with E-state index in [0.717, 1.165) is 10.8 Å². The lowest BCUT2D eigenvalue weighted by Crippen LogP contribution is -2.23. The molecule has 0 bridgehead atoms. The third-order valence-electron chi connectivity index (χ3n) is 3.48. The monoisotopic (exact) mass is 254 g/mol. The molecule has 2 aromatic carbocycles. The molecule has 3 nitrogen and oxygen atoms in total. The van der Waals surface area contributed by atoms with Crippen molar-refractivity contribution in [3.8, 4) is 11.5 Å². The van der Waals surface area contributed by atoms with Crippen LogP contribution in [0, 0.1) is 0 Å². The molecule has 0 fully saturated rings. The smallest absolute Gasteiger partial charge is 0.164 e. The highest BCUT2D eigenvalue weighted by Gasteiger charge is 2.32. The van der Waals surface area contributed by atoms with Crippen LogP contribution in [0.15, 0.2) is 54.6 Å². The Morgan fingerprint density at radius 1 is 1.05 bits per heavy atom. The molecule has 96 valence electrons. The van der Waals surface area contributed by atoms with Crippen LogP contribution in [0.1, 0.15) is 12.0 Å². The number of aliphatic hydroxyl groups is 1. The maximum absolute atomic E-state index is 10.7. The minimum atomic E-state index is -1.29. The lowest BCUT2D eigenvalue weighted by atomic mass is 9.83. The lowest BCUT2D eigenvalue weighted by Gasteiger charge is -2.28. The Kier molecular flexibility index (Phi) is 2.57. The number of fused-ring (bicyclic) bond motifs is 1. The minimum Gasteiger partial charge on any atom is -0.504 e. The molecule has 3 rings (SSSR count). The topological polar surface area (TPSA) is 60.7 Å². The second-order valence-electron chi connectivity index (χ2n) is 4.76. The van der Waals surface area contributed by atoms with Crippen molar-refractivity contribution in [1.29, 1.82) is 0 Å². The first-order valence-corrected chi connectivity index (χ1v) is 6.13. The van der Waals surface area contributed by atoms with E-state index in [-0.39, 0.29) is 11.5 Å². The van der Waals surface area contributed by atoms with E-state index in [1.54, 1.807) is 12.2 Å². The number of hydrogen-bond donors (Lipinski definition) is 3. The Bertz CT molecular complexity index is 700. The zero-order valence-electron chi connectivity index (χ0n) is 10.2. The molecule has 0 amide bonds. The van der Waals surface area contributed by atoms with Gasteiger partial charge < -0.3 is 15.3 Å². The molecule has 3 N–H and O–H groups in total. The molecule has 1 unspecified atom stereocenters. The van der Waals surface area contributed by atoms with E-state index in [0.29, 0.717) is 12.0 Å². The van der Waals surface area contributed by atoms with Crippen molar-refractivity contribution >= 4 is 10.8 Å². The first-order valence-electron chi connectivity index (χ1n) is 6.13. The second kappa shape index (κ2) is 4.14. The SMILES string of the molecule is Oc1cc2ccccc2c(C2(O)C=CC=CC2)c1O. The van der Waals surface area contributed by atoms with Crippen LogP contribution in [0.4, 0.5) is 0 Å². The van der Waals surface area contributed by atoms with Gasteiger partial charge in [-0.3, -0.25) is 0 Å². The minimum absolute atomic E-state index is 0.218. The molecule has 0 aromatic heterocycles. The molecule has 2 aromatic rings. The normalized spacial score (nSPS) is 21.9. The molecule has 0 aliphatic heterocycles. The fourth-order valence-corrected chi connectivity index (χ4v) is 2.55. The summed E-state index contributed by atoms with van der Waals surface area (Å²) in [6.07, 6.45) is 7.41. The summed E-state index contributed by atoms with van der Waals surface area (Å²) in [5.41, 5.74) is -0.944. The van der Waals surface area contributed by atoms with Gasteiger partial charge in [0, 0.05) is 12.0 Å². The molecular weight excluding hydrogens is 240 g/mol. The third kappa shape index (κ3) is 1.79. The van der Waals surface area contributed by atoms with Crippen molar-refractivity contribution in [2.24, 2.45) is 0 Å².